The Kier molecular flexibility index (Phi) is 5.49. The minimum atomic E-state index is -0.875. The molecule has 0 saturated carbocycles. The first-order valence-corrected chi connectivity index (χ1v) is 8.55. The fourth-order valence-corrected chi connectivity index (χ4v) is 3.22. The molecule has 0 aliphatic carbocycles. The van der Waals surface area contributed by atoms with Crippen molar-refractivity contribution in [2.75, 3.05) is 24.5 Å². The first-order chi connectivity index (χ1) is 11.7. The molecule has 2 N–H and O–H groups in total. The molecule has 1 fully saturated rings. The Morgan fingerprint density at radius 3 is 2.33 bits per heavy atom. The van der Waals surface area contributed by atoms with Gasteiger partial charge in [-0.15, -0.1) is 0 Å². The van der Waals surface area contributed by atoms with Crippen molar-refractivity contribution < 1.29 is 9.90 Å². The number of carboxylic acids is 1. The molecule has 3 rings (SSSR count). The lowest BCUT2D eigenvalue weighted by atomic mass is 9.96. The van der Waals surface area contributed by atoms with Gasteiger partial charge >= 0.3 is 5.97 Å². The van der Waals surface area contributed by atoms with Crippen molar-refractivity contribution in [2.24, 2.45) is 5.92 Å². The molecule has 1 saturated heterocycles. The minimum Gasteiger partial charge on any atom is -0.478 e. The van der Waals surface area contributed by atoms with Gasteiger partial charge in [-0.25, -0.2) is 4.79 Å². The molecule has 24 heavy (non-hydrogen) atoms. The minimum absolute atomic E-state index is 0.340. The number of aromatic carboxylic acids is 1. The van der Waals surface area contributed by atoms with Crippen molar-refractivity contribution in [1.29, 1.82) is 0 Å². The molecule has 4 heteroatoms. The summed E-state index contributed by atoms with van der Waals surface area (Å²) in [5.41, 5.74) is 2.79. The first-order valence-electron chi connectivity index (χ1n) is 8.55. The lowest BCUT2D eigenvalue weighted by Crippen LogP contribution is -2.37. The van der Waals surface area contributed by atoms with Gasteiger partial charge < -0.3 is 15.3 Å². The number of nitrogens with one attached hydrogen (secondary N) is 1. The van der Waals surface area contributed by atoms with E-state index in [-0.39, 0.29) is 0 Å². The van der Waals surface area contributed by atoms with Crippen LogP contribution < -0.4 is 10.2 Å². The van der Waals surface area contributed by atoms with Crippen LogP contribution in [0.1, 0.15) is 28.8 Å². The van der Waals surface area contributed by atoms with Crippen molar-refractivity contribution in [3.05, 3.63) is 65.7 Å². The third-order valence-corrected chi connectivity index (χ3v) is 4.70. The molecule has 4 nitrogen and oxygen atoms in total. The van der Waals surface area contributed by atoms with Gasteiger partial charge in [-0.2, -0.15) is 0 Å². The van der Waals surface area contributed by atoms with Crippen LogP contribution >= 0.6 is 0 Å². The molecule has 2 aromatic rings. The van der Waals surface area contributed by atoms with Gasteiger partial charge in [-0.1, -0.05) is 30.3 Å². The molecule has 0 bridgehead atoms. The van der Waals surface area contributed by atoms with E-state index in [0.717, 1.165) is 31.7 Å². The van der Waals surface area contributed by atoms with Gasteiger partial charge in [0, 0.05) is 25.3 Å². The molecule has 1 aliphatic heterocycles. The van der Waals surface area contributed by atoms with Crippen LogP contribution in [0.5, 0.6) is 0 Å². The van der Waals surface area contributed by atoms with Gasteiger partial charge in [0.25, 0.3) is 0 Å². The van der Waals surface area contributed by atoms with Crippen LogP contribution in [0.15, 0.2) is 54.6 Å². The van der Waals surface area contributed by atoms with Gasteiger partial charge in [0.15, 0.2) is 0 Å². The number of hydrogen-bond acceptors (Lipinski definition) is 3. The Morgan fingerprint density at radius 2 is 1.71 bits per heavy atom. The second-order valence-corrected chi connectivity index (χ2v) is 6.40. The van der Waals surface area contributed by atoms with Crippen LogP contribution in [0.4, 0.5) is 5.69 Å². The number of carboxylic acid groups (broad SMARTS) is 1. The topological polar surface area (TPSA) is 52.6 Å². The van der Waals surface area contributed by atoms with Crippen LogP contribution in [0, 0.1) is 5.92 Å². The molecule has 0 unspecified atom stereocenters. The molecular formula is C20H24N2O2. The predicted molar refractivity (Wildman–Crippen MR) is 96.5 cm³/mol. The Hall–Kier alpha value is -2.33. The summed E-state index contributed by atoms with van der Waals surface area (Å²) >= 11 is 0. The van der Waals surface area contributed by atoms with Gasteiger partial charge in [-0.05, 0) is 55.1 Å². The summed E-state index contributed by atoms with van der Waals surface area (Å²) in [7, 11) is 0. The van der Waals surface area contributed by atoms with E-state index in [4.69, 9.17) is 5.11 Å². The monoisotopic (exact) mass is 324 g/mol. The van der Waals surface area contributed by atoms with E-state index in [2.05, 4.69) is 40.5 Å². The maximum Gasteiger partial charge on any atom is 0.335 e. The molecule has 0 radical (unpaired) electrons. The zero-order valence-corrected chi connectivity index (χ0v) is 13.8. The Balaban J connectivity index is 1.40. The highest BCUT2D eigenvalue weighted by molar-refractivity contribution is 5.87. The average Bonchev–Trinajstić information content (AvgIpc) is 2.63. The summed E-state index contributed by atoms with van der Waals surface area (Å²) in [4.78, 5) is 13.3. The smallest absolute Gasteiger partial charge is 0.335 e. The maximum atomic E-state index is 10.8. The van der Waals surface area contributed by atoms with E-state index in [0.29, 0.717) is 11.5 Å². The molecule has 1 heterocycles. The predicted octanol–water partition coefficient (Wildman–Crippen LogP) is 3.39. The summed E-state index contributed by atoms with van der Waals surface area (Å²) in [5.74, 6) is -0.164. The number of nitrogens with zero attached hydrogens (tertiary/aromatic N) is 1. The zero-order valence-electron chi connectivity index (χ0n) is 13.8. The number of para-hydroxylation sites is 1. The number of anilines is 1. The third kappa shape index (κ3) is 4.36. The molecular weight excluding hydrogens is 300 g/mol. The second kappa shape index (κ2) is 7.97. The normalized spacial score (nSPS) is 15.4. The van der Waals surface area contributed by atoms with Crippen LogP contribution in [-0.4, -0.2) is 30.7 Å². The van der Waals surface area contributed by atoms with E-state index in [9.17, 15) is 4.79 Å². The molecule has 2 aromatic carbocycles. The average molecular weight is 324 g/mol. The van der Waals surface area contributed by atoms with Crippen LogP contribution in [0.3, 0.4) is 0 Å². The maximum absolute atomic E-state index is 10.8. The number of piperidine rings is 1. The van der Waals surface area contributed by atoms with Crippen LogP contribution in [0.2, 0.25) is 0 Å². The van der Waals surface area contributed by atoms with E-state index >= 15 is 0 Å². The van der Waals surface area contributed by atoms with Crippen molar-refractivity contribution in [3.8, 4) is 0 Å². The molecule has 0 atom stereocenters. The molecule has 126 valence electrons. The number of hydrogen-bond donors (Lipinski definition) is 2. The SMILES string of the molecule is O=C(O)c1ccc(CNCC2CCN(c3ccccc3)CC2)cc1. The zero-order chi connectivity index (χ0) is 16.8. The Bertz CT molecular complexity index is 647. The quantitative estimate of drug-likeness (QED) is 0.855. The van der Waals surface area contributed by atoms with Gasteiger partial charge in [0.05, 0.1) is 5.56 Å². The molecule has 1 aliphatic rings. The van der Waals surface area contributed by atoms with E-state index in [1.165, 1.54) is 18.5 Å². The fraction of sp³-hybridized carbons (Fsp3) is 0.350. The summed E-state index contributed by atoms with van der Waals surface area (Å²) in [6.45, 7) is 4.04. The van der Waals surface area contributed by atoms with E-state index < -0.39 is 5.97 Å². The van der Waals surface area contributed by atoms with E-state index in [1.807, 2.05) is 12.1 Å². The van der Waals surface area contributed by atoms with Gasteiger partial charge in [-0.3, -0.25) is 0 Å². The lowest BCUT2D eigenvalue weighted by molar-refractivity contribution is 0.0697. The first kappa shape index (κ1) is 16.5. The second-order valence-electron chi connectivity index (χ2n) is 6.40. The summed E-state index contributed by atoms with van der Waals surface area (Å²) in [6, 6.07) is 17.7. The highest BCUT2D eigenvalue weighted by Gasteiger charge is 2.18. The van der Waals surface area contributed by atoms with Crippen LogP contribution in [0.25, 0.3) is 0 Å². The summed E-state index contributed by atoms with van der Waals surface area (Å²) in [6.07, 6.45) is 2.42. The molecule has 0 amide bonds. The van der Waals surface area contributed by atoms with Crippen molar-refractivity contribution in [3.63, 3.8) is 0 Å². The number of carbonyl (C=O) groups is 1. The Labute approximate surface area is 143 Å². The summed E-state index contributed by atoms with van der Waals surface area (Å²) < 4.78 is 0. The Morgan fingerprint density at radius 1 is 1.04 bits per heavy atom. The fourth-order valence-electron chi connectivity index (χ4n) is 3.22. The summed E-state index contributed by atoms with van der Waals surface area (Å²) in [5, 5.41) is 12.4. The van der Waals surface area contributed by atoms with Gasteiger partial charge in [0.1, 0.15) is 0 Å². The standard InChI is InChI=1S/C20H24N2O2/c23-20(24)18-8-6-16(7-9-18)14-21-15-17-10-12-22(13-11-17)19-4-2-1-3-5-19/h1-9,17,21H,10-15H2,(H,23,24). The molecule has 0 aromatic heterocycles. The van der Waals surface area contributed by atoms with Crippen LogP contribution in [-0.2, 0) is 6.54 Å². The highest BCUT2D eigenvalue weighted by atomic mass is 16.4. The third-order valence-electron chi connectivity index (χ3n) is 4.70. The van der Waals surface area contributed by atoms with Crippen molar-refractivity contribution >= 4 is 11.7 Å². The molecule has 0 spiro atoms. The van der Waals surface area contributed by atoms with E-state index in [1.54, 1.807) is 12.1 Å². The van der Waals surface area contributed by atoms with Crippen molar-refractivity contribution in [2.45, 2.75) is 19.4 Å². The number of rotatable bonds is 6. The number of benzene rings is 2. The lowest BCUT2D eigenvalue weighted by Gasteiger charge is -2.33. The van der Waals surface area contributed by atoms with Crippen molar-refractivity contribution in [1.82, 2.24) is 5.32 Å². The van der Waals surface area contributed by atoms with Gasteiger partial charge in [0.2, 0.25) is 0 Å². The largest absolute Gasteiger partial charge is 0.478 e. The highest BCUT2D eigenvalue weighted by Crippen LogP contribution is 2.22.